The lowest BCUT2D eigenvalue weighted by Gasteiger charge is -2.15. The highest BCUT2D eigenvalue weighted by Crippen LogP contribution is 2.46. The Kier molecular flexibility index (Phi) is 16.4. The molecule has 0 amide bonds. The van der Waals surface area contributed by atoms with Crippen molar-refractivity contribution in [2.24, 2.45) is 0 Å². The predicted octanol–water partition coefficient (Wildman–Crippen LogP) is 29.6. The van der Waals surface area contributed by atoms with E-state index in [0.717, 1.165) is 16.6 Å². The van der Waals surface area contributed by atoms with Crippen LogP contribution >= 0.6 is 34.0 Å². The van der Waals surface area contributed by atoms with E-state index >= 15 is 0 Å². The van der Waals surface area contributed by atoms with Crippen LogP contribution in [0.2, 0.25) is 0 Å². The van der Waals surface area contributed by atoms with Crippen molar-refractivity contribution >= 4 is 160 Å². The minimum atomic E-state index is 1.08. The fraction of sp³-hybridized carbons (Fsp3) is 0. The molecular weight excluding hydrogens is 1440 g/mol. The van der Waals surface area contributed by atoms with Crippen molar-refractivity contribution in [3.63, 3.8) is 0 Å². The summed E-state index contributed by atoms with van der Waals surface area (Å²) >= 11 is 5.47. The molecular formula is C105H66N6S3. The molecule has 6 nitrogen and oxygen atoms in total. The average molecular weight is 1510 g/mol. The van der Waals surface area contributed by atoms with Crippen LogP contribution in [0.3, 0.4) is 0 Å². The zero-order valence-electron chi connectivity index (χ0n) is 61.5. The van der Waals surface area contributed by atoms with E-state index in [1.807, 2.05) is 52.6 Å². The van der Waals surface area contributed by atoms with Crippen LogP contribution in [0, 0.1) is 0 Å². The SMILES string of the molecule is c1cc(-c2ccc(-n3c4ccccc4c4ccccc43)cc2)cc(-c2ccnc3c2sc2ccccc23)c1.c1cc(-c2cccc(-n3c4ccccc4c4ccccc43)c2)cc(-c2ccnc3c2sc2ccccc23)c1.c1cc(-c2ccccc2-n2c3ccccc3c3ccccc32)cc(-c2ccnc3c2sc2ccccc23)c1. The van der Waals surface area contributed by atoms with E-state index in [0.29, 0.717) is 0 Å². The lowest BCUT2D eigenvalue weighted by molar-refractivity contribution is 1.18. The summed E-state index contributed by atoms with van der Waals surface area (Å²) in [5.74, 6) is 0. The molecule has 0 bridgehead atoms. The summed E-state index contributed by atoms with van der Waals surface area (Å²) in [6.45, 7) is 0. The highest BCUT2D eigenvalue weighted by Gasteiger charge is 2.21. The Morgan fingerprint density at radius 2 is 0.474 bits per heavy atom. The molecule has 0 aliphatic carbocycles. The van der Waals surface area contributed by atoms with Gasteiger partial charge in [-0.1, -0.05) is 261 Å². The fourth-order valence-electron chi connectivity index (χ4n) is 17.2. The maximum absolute atomic E-state index is 4.75. The lowest BCUT2D eigenvalue weighted by atomic mass is 9.98. The van der Waals surface area contributed by atoms with Gasteiger partial charge in [0.2, 0.25) is 0 Å². The minimum absolute atomic E-state index is 1.08. The van der Waals surface area contributed by atoms with E-state index in [9.17, 15) is 0 Å². The van der Waals surface area contributed by atoms with Crippen molar-refractivity contribution in [2.75, 3.05) is 0 Å². The van der Waals surface area contributed by atoms with Crippen LogP contribution in [0.5, 0.6) is 0 Å². The van der Waals surface area contributed by atoms with Crippen LogP contribution in [0.25, 0.3) is 210 Å². The van der Waals surface area contributed by atoms with Gasteiger partial charge in [-0.25, -0.2) is 0 Å². The van der Waals surface area contributed by atoms with Gasteiger partial charge >= 0.3 is 0 Å². The Balaban J connectivity index is 0.000000104. The summed E-state index contributed by atoms with van der Waals surface area (Å²) in [7, 11) is 0. The smallest absolute Gasteiger partial charge is 0.0894 e. The van der Waals surface area contributed by atoms with Gasteiger partial charge in [0.25, 0.3) is 0 Å². The summed E-state index contributed by atoms with van der Waals surface area (Å²) in [5, 5.41) is 11.3. The molecule has 0 aliphatic heterocycles. The Hall–Kier alpha value is -14.2. The van der Waals surface area contributed by atoms with Gasteiger partial charge in [-0.05, 0) is 166 Å². The Morgan fingerprint density at radius 3 is 0.877 bits per heavy atom. The zero-order valence-corrected chi connectivity index (χ0v) is 64.0. The lowest BCUT2D eigenvalue weighted by Crippen LogP contribution is -1.97. The van der Waals surface area contributed by atoms with Crippen LogP contribution in [-0.2, 0) is 0 Å². The van der Waals surface area contributed by atoms with E-state index in [1.54, 1.807) is 0 Å². The first kappa shape index (κ1) is 66.8. The van der Waals surface area contributed by atoms with Crippen molar-refractivity contribution in [2.45, 2.75) is 0 Å². The van der Waals surface area contributed by atoms with Crippen LogP contribution < -0.4 is 0 Å². The zero-order chi connectivity index (χ0) is 75.2. The predicted molar refractivity (Wildman–Crippen MR) is 487 cm³/mol. The first-order chi connectivity index (χ1) is 56.6. The van der Waals surface area contributed by atoms with Crippen molar-refractivity contribution in [1.82, 2.24) is 28.7 Å². The average Bonchev–Trinajstić information content (AvgIpc) is 1.56. The molecule has 15 aromatic carbocycles. The third kappa shape index (κ3) is 11.4. The number of thiophene rings is 3. The summed E-state index contributed by atoms with van der Waals surface area (Å²) in [6, 6.07) is 137. The van der Waals surface area contributed by atoms with Gasteiger partial charge in [-0.15, -0.1) is 34.0 Å². The molecule has 9 heterocycles. The largest absolute Gasteiger partial charge is 0.309 e. The number of aromatic nitrogens is 6. The molecule has 9 heteroatoms. The van der Waals surface area contributed by atoms with Crippen LogP contribution in [0.4, 0.5) is 0 Å². The molecule has 0 N–H and O–H groups in total. The van der Waals surface area contributed by atoms with Gasteiger partial charge in [-0.2, -0.15) is 0 Å². The van der Waals surface area contributed by atoms with Crippen LogP contribution in [0.1, 0.15) is 0 Å². The standard InChI is InChI=1S/3C35H22N2S/c1-5-16-30(37-31-17-6-2-13-27(31)28-14-3-7-18-32(28)37)25(12-1)23-10-9-11-24(22-23)26-20-21-36-34-29-15-4-8-19-33(29)38-35(26)34;1-4-16-31-28(13-1)29-14-2-5-17-32(29)37(31)26-12-8-10-24(22-26)23-9-7-11-25(21-23)27-19-20-36-34-30-15-3-6-18-33(30)38-35(27)34;1-4-13-31-28(10-1)29-11-2-5-14-32(29)37(31)26-18-16-23(17-19-26)24-8-7-9-25(22-24)27-20-21-36-34-30-12-3-6-15-33(30)38-35(27)34/h3*1-22H. The normalized spacial score (nSPS) is 11.7. The summed E-state index contributed by atoms with van der Waals surface area (Å²) in [4.78, 5) is 14.2. The van der Waals surface area contributed by atoms with Crippen LogP contribution in [0.15, 0.2) is 401 Å². The molecule has 0 aliphatic rings. The topological polar surface area (TPSA) is 53.5 Å². The summed E-state index contributed by atoms with van der Waals surface area (Å²) in [6.07, 6.45) is 5.81. The molecule has 114 heavy (non-hydrogen) atoms. The van der Waals surface area contributed by atoms with Crippen LogP contribution in [-0.4, -0.2) is 28.7 Å². The van der Waals surface area contributed by atoms with Gasteiger partial charge in [0.05, 0.1) is 69.4 Å². The molecule has 24 aromatic rings. The number of benzene rings is 15. The highest BCUT2D eigenvalue weighted by atomic mass is 32.1. The molecule has 0 saturated carbocycles. The van der Waals surface area contributed by atoms with Crippen molar-refractivity contribution < 1.29 is 0 Å². The van der Waals surface area contributed by atoms with E-state index in [-0.39, 0.29) is 0 Å². The maximum Gasteiger partial charge on any atom is 0.0894 e. The highest BCUT2D eigenvalue weighted by molar-refractivity contribution is 7.27. The van der Waals surface area contributed by atoms with Gasteiger partial charge < -0.3 is 13.7 Å². The molecule has 24 rings (SSSR count). The monoisotopic (exact) mass is 1510 g/mol. The van der Waals surface area contributed by atoms with Gasteiger partial charge in [0.15, 0.2) is 0 Å². The van der Waals surface area contributed by atoms with Gasteiger partial charge in [0.1, 0.15) is 0 Å². The Labute approximate surface area is 668 Å². The van der Waals surface area contributed by atoms with E-state index in [1.165, 1.54) is 194 Å². The van der Waals surface area contributed by atoms with Crippen molar-refractivity contribution in [3.05, 3.63) is 401 Å². The number of para-hydroxylation sites is 7. The minimum Gasteiger partial charge on any atom is -0.309 e. The molecule has 9 aromatic heterocycles. The third-order valence-electron chi connectivity index (χ3n) is 22.4. The third-order valence-corrected chi connectivity index (χ3v) is 26.0. The van der Waals surface area contributed by atoms with Gasteiger partial charge in [0, 0.05) is 115 Å². The molecule has 0 fully saturated rings. The number of rotatable bonds is 9. The Bertz CT molecular complexity index is 7740. The summed E-state index contributed by atoms with van der Waals surface area (Å²) < 4.78 is 14.7. The van der Waals surface area contributed by atoms with E-state index in [2.05, 4.69) is 396 Å². The molecule has 0 atom stereocenters. The van der Waals surface area contributed by atoms with Crippen molar-refractivity contribution in [3.8, 4) is 83.8 Å². The first-order valence-corrected chi connectivity index (χ1v) is 40.9. The molecule has 0 radical (unpaired) electrons. The Morgan fingerprint density at radius 1 is 0.184 bits per heavy atom. The maximum atomic E-state index is 4.75. The number of hydrogen-bond donors (Lipinski definition) is 0. The second-order valence-electron chi connectivity index (χ2n) is 28.9. The van der Waals surface area contributed by atoms with Gasteiger partial charge in [-0.3, -0.25) is 15.0 Å². The number of hydrogen-bond acceptors (Lipinski definition) is 6. The molecule has 534 valence electrons. The first-order valence-electron chi connectivity index (χ1n) is 38.4. The second kappa shape index (κ2) is 28.0. The molecule has 0 spiro atoms. The molecule has 0 saturated heterocycles. The molecule has 0 unspecified atom stereocenters. The number of fused-ring (bicyclic) bond motifs is 18. The quantitative estimate of drug-likeness (QED) is 0.145. The number of nitrogens with zero attached hydrogens (tertiary/aromatic N) is 6. The van der Waals surface area contributed by atoms with Crippen molar-refractivity contribution in [1.29, 1.82) is 0 Å². The number of pyridine rings is 3. The summed E-state index contributed by atoms with van der Waals surface area (Å²) in [5.41, 5.74) is 28.7. The fourth-order valence-corrected chi connectivity index (χ4v) is 20.8. The second-order valence-corrected chi connectivity index (χ2v) is 32.0. The van der Waals surface area contributed by atoms with E-state index < -0.39 is 0 Å². The van der Waals surface area contributed by atoms with E-state index in [4.69, 9.17) is 15.0 Å².